The quantitative estimate of drug-likeness (QED) is 0.653. The van der Waals surface area contributed by atoms with Gasteiger partial charge in [0.1, 0.15) is 0 Å². The first kappa shape index (κ1) is 8.99. The van der Waals surface area contributed by atoms with Crippen LogP contribution in [0.3, 0.4) is 0 Å². The largest absolute Gasteiger partial charge is 0.320 e. The molecule has 4 heteroatoms. The molecule has 1 fully saturated rings. The summed E-state index contributed by atoms with van der Waals surface area (Å²) in [7, 11) is 1.89. The van der Waals surface area contributed by atoms with Gasteiger partial charge in [-0.3, -0.25) is 9.69 Å². The Kier molecular flexibility index (Phi) is 2.11. The standard InChI is InChI=1S/C10H13N3O/c1-3-8-6-9(14)13(7-8)10-11-4-5-12(10)2/h3-5,8H,1,6-7H2,2H3. The van der Waals surface area contributed by atoms with E-state index in [1.807, 2.05) is 23.9 Å². The molecule has 74 valence electrons. The van der Waals surface area contributed by atoms with Gasteiger partial charge in [-0.05, 0) is 0 Å². The molecule has 2 rings (SSSR count). The van der Waals surface area contributed by atoms with E-state index in [1.54, 1.807) is 11.1 Å². The fraction of sp³-hybridized carbons (Fsp3) is 0.400. The summed E-state index contributed by atoms with van der Waals surface area (Å²) in [6.07, 6.45) is 5.92. The van der Waals surface area contributed by atoms with E-state index in [2.05, 4.69) is 11.6 Å². The Morgan fingerprint density at radius 2 is 2.50 bits per heavy atom. The number of nitrogens with zero attached hydrogens (tertiary/aromatic N) is 3. The average molecular weight is 191 g/mol. The zero-order valence-corrected chi connectivity index (χ0v) is 8.18. The van der Waals surface area contributed by atoms with Crippen LogP contribution < -0.4 is 4.90 Å². The average Bonchev–Trinajstić information content (AvgIpc) is 2.72. The molecule has 14 heavy (non-hydrogen) atoms. The molecule has 0 spiro atoms. The zero-order chi connectivity index (χ0) is 10.1. The lowest BCUT2D eigenvalue weighted by atomic mass is 10.1. The number of imidazole rings is 1. The number of hydrogen-bond acceptors (Lipinski definition) is 2. The molecule has 0 radical (unpaired) electrons. The van der Waals surface area contributed by atoms with Gasteiger partial charge in [-0.2, -0.15) is 0 Å². The van der Waals surface area contributed by atoms with Gasteiger partial charge in [0.05, 0.1) is 0 Å². The normalized spacial score (nSPS) is 21.6. The van der Waals surface area contributed by atoms with Crippen LogP contribution >= 0.6 is 0 Å². The number of anilines is 1. The van der Waals surface area contributed by atoms with E-state index in [9.17, 15) is 4.79 Å². The van der Waals surface area contributed by atoms with E-state index in [0.29, 0.717) is 13.0 Å². The minimum Gasteiger partial charge on any atom is -0.320 e. The third kappa shape index (κ3) is 1.32. The molecule has 2 heterocycles. The fourth-order valence-electron chi connectivity index (χ4n) is 1.70. The van der Waals surface area contributed by atoms with Crippen LogP contribution in [-0.2, 0) is 11.8 Å². The van der Waals surface area contributed by atoms with Gasteiger partial charge in [0.2, 0.25) is 11.9 Å². The van der Waals surface area contributed by atoms with Crippen LogP contribution in [0.15, 0.2) is 25.0 Å². The number of carbonyl (C=O) groups excluding carboxylic acids is 1. The molecule has 1 aromatic rings. The van der Waals surface area contributed by atoms with Crippen molar-refractivity contribution >= 4 is 11.9 Å². The van der Waals surface area contributed by atoms with Gasteiger partial charge in [0.25, 0.3) is 0 Å². The summed E-state index contributed by atoms with van der Waals surface area (Å²) in [4.78, 5) is 17.5. The second-order valence-corrected chi connectivity index (χ2v) is 3.54. The van der Waals surface area contributed by atoms with Crippen LogP contribution in [0.4, 0.5) is 5.95 Å². The van der Waals surface area contributed by atoms with Gasteiger partial charge < -0.3 is 4.57 Å². The number of hydrogen-bond donors (Lipinski definition) is 0. The van der Waals surface area contributed by atoms with Gasteiger partial charge in [0, 0.05) is 38.3 Å². The number of rotatable bonds is 2. The Labute approximate surface area is 82.9 Å². The monoisotopic (exact) mass is 191 g/mol. The second-order valence-electron chi connectivity index (χ2n) is 3.54. The number of aromatic nitrogens is 2. The first-order valence-electron chi connectivity index (χ1n) is 4.62. The number of carbonyl (C=O) groups is 1. The van der Waals surface area contributed by atoms with Crippen molar-refractivity contribution in [1.29, 1.82) is 0 Å². The Balaban J connectivity index is 2.24. The van der Waals surface area contributed by atoms with Crippen LogP contribution in [0.5, 0.6) is 0 Å². The van der Waals surface area contributed by atoms with Crippen LogP contribution in [0, 0.1) is 5.92 Å². The summed E-state index contributed by atoms with van der Waals surface area (Å²) in [6.45, 7) is 4.41. The molecular formula is C10H13N3O. The molecule has 0 aliphatic carbocycles. The van der Waals surface area contributed by atoms with E-state index >= 15 is 0 Å². The Bertz CT molecular complexity index is 369. The molecule has 1 aromatic heterocycles. The maximum Gasteiger partial charge on any atom is 0.229 e. The molecule has 0 bridgehead atoms. The van der Waals surface area contributed by atoms with E-state index < -0.39 is 0 Å². The van der Waals surface area contributed by atoms with Crippen LogP contribution in [0.25, 0.3) is 0 Å². The van der Waals surface area contributed by atoms with Crippen molar-refractivity contribution in [2.45, 2.75) is 6.42 Å². The molecule has 0 N–H and O–H groups in total. The summed E-state index contributed by atoms with van der Waals surface area (Å²) in [5.41, 5.74) is 0. The molecule has 1 atom stereocenters. The van der Waals surface area contributed by atoms with E-state index in [-0.39, 0.29) is 11.8 Å². The highest BCUT2D eigenvalue weighted by Crippen LogP contribution is 2.23. The predicted octanol–water partition coefficient (Wildman–Crippen LogP) is 0.959. The van der Waals surface area contributed by atoms with Crippen molar-refractivity contribution in [3.8, 4) is 0 Å². The second kappa shape index (κ2) is 3.29. The van der Waals surface area contributed by atoms with Crippen LogP contribution in [0.2, 0.25) is 0 Å². The van der Waals surface area contributed by atoms with Gasteiger partial charge in [-0.25, -0.2) is 4.98 Å². The SMILES string of the molecule is C=CC1CC(=O)N(c2nccn2C)C1. The maximum atomic E-state index is 11.6. The minimum atomic E-state index is 0.129. The first-order valence-corrected chi connectivity index (χ1v) is 4.62. The zero-order valence-electron chi connectivity index (χ0n) is 8.18. The van der Waals surface area contributed by atoms with Crippen LogP contribution in [0.1, 0.15) is 6.42 Å². The highest BCUT2D eigenvalue weighted by atomic mass is 16.2. The topological polar surface area (TPSA) is 38.1 Å². The highest BCUT2D eigenvalue weighted by molar-refractivity contribution is 5.94. The molecule has 1 aliphatic heterocycles. The summed E-state index contributed by atoms with van der Waals surface area (Å²) in [6, 6.07) is 0. The Morgan fingerprint density at radius 1 is 1.71 bits per heavy atom. The van der Waals surface area contributed by atoms with Gasteiger partial charge >= 0.3 is 0 Å². The Morgan fingerprint density at radius 3 is 3.00 bits per heavy atom. The fourth-order valence-corrected chi connectivity index (χ4v) is 1.70. The third-order valence-electron chi connectivity index (χ3n) is 2.53. The lowest BCUT2D eigenvalue weighted by Crippen LogP contribution is -2.27. The van der Waals surface area contributed by atoms with E-state index in [1.165, 1.54) is 0 Å². The molecule has 1 saturated heterocycles. The summed E-state index contributed by atoms with van der Waals surface area (Å²) in [5, 5.41) is 0. The van der Waals surface area contributed by atoms with Crippen LogP contribution in [-0.4, -0.2) is 22.0 Å². The molecule has 0 aromatic carbocycles. The third-order valence-corrected chi connectivity index (χ3v) is 2.53. The van der Waals surface area contributed by atoms with Gasteiger partial charge in [-0.15, -0.1) is 6.58 Å². The molecule has 1 amide bonds. The molecule has 1 unspecified atom stereocenters. The lowest BCUT2D eigenvalue weighted by molar-refractivity contribution is -0.117. The van der Waals surface area contributed by atoms with Crippen molar-refractivity contribution in [3.63, 3.8) is 0 Å². The molecular weight excluding hydrogens is 178 g/mol. The predicted molar refractivity (Wildman–Crippen MR) is 53.9 cm³/mol. The van der Waals surface area contributed by atoms with Crippen molar-refractivity contribution in [1.82, 2.24) is 9.55 Å². The van der Waals surface area contributed by atoms with E-state index in [0.717, 1.165) is 5.95 Å². The van der Waals surface area contributed by atoms with Crippen molar-refractivity contribution in [2.75, 3.05) is 11.4 Å². The first-order chi connectivity index (χ1) is 6.72. The summed E-state index contributed by atoms with van der Waals surface area (Å²) < 4.78 is 1.85. The van der Waals surface area contributed by atoms with Crippen molar-refractivity contribution in [2.24, 2.45) is 13.0 Å². The van der Waals surface area contributed by atoms with Gasteiger partial charge in [0.15, 0.2) is 0 Å². The molecule has 1 aliphatic rings. The summed E-state index contributed by atoms with van der Waals surface area (Å²) in [5.74, 6) is 1.11. The van der Waals surface area contributed by atoms with Crippen molar-refractivity contribution in [3.05, 3.63) is 25.0 Å². The lowest BCUT2D eigenvalue weighted by Gasteiger charge is -2.14. The van der Waals surface area contributed by atoms with Crippen molar-refractivity contribution < 1.29 is 4.79 Å². The number of aryl methyl sites for hydroxylation is 1. The Hall–Kier alpha value is -1.58. The summed E-state index contributed by atoms with van der Waals surface area (Å²) >= 11 is 0. The van der Waals surface area contributed by atoms with Gasteiger partial charge in [-0.1, -0.05) is 6.08 Å². The minimum absolute atomic E-state index is 0.129. The molecule has 0 saturated carbocycles. The highest BCUT2D eigenvalue weighted by Gasteiger charge is 2.30. The number of amides is 1. The maximum absolute atomic E-state index is 11.6. The molecule has 4 nitrogen and oxygen atoms in total. The smallest absolute Gasteiger partial charge is 0.229 e. The van der Waals surface area contributed by atoms with E-state index in [4.69, 9.17) is 0 Å².